The van der Waals surface area contributed by atoms with Crippen LogP contribution >= 0.6 is 11.6 Å². The Labute approximate surface area is 163 Å². The minimum atomic E-state index is 0.215. The zero-order valence-electron chi connectivity index (χ0n) is 15.3. The van der Waals surface area contributed by atoms with E-state index in [2.05, 4.69) is 10.1 Å². The van der Waals surface area contributed by atoms with Crippen LogP contribution in [0, 0.1) is 0 Å². The third-order valence-electron chi connectivity index (χ3n) is 5.40. The molecule has 144 valence electrons. The molecule has 1 amide bonds. The SMILES string of the molecule is O=C(CCCc1nc(-c2ccc(Cl)cc2)no1)N1CCO[C@@H]2CCCC[C@@H]21. The molecule has 2 fully saturated rings. The highest BCUT2D eigenvalue weighted by molar-refractivity contribution is 6.30. The maximum Gasteiger partial charge on any atom is 0.226 e. The summed E-state index contributed by atoms with van der Waals surface area (Å²) in [6.45, 7) is 1.36. The number of morpholine rings is 1. The highest BCUT2D eigenvalue weighted by atomic mass is 35.5. The second-order valence-electron chi connectivity index (χ2n) is 7.22. The summed E-state index contributed by atoms with van der Waals surface area (Å²) in [5.74, 6) is 1.32. The maximum atomic E-state index is 12.7. The smallest absolute Gasteiger partial charge is 0.226 e. The number of carbonyl (C=O) groups excluding carboxylic acids is 1. The van der Waals surface area contributed by atoms with E-state index in [-0.39, 0.29) is 18.1 Å². The molecule has 7 heteroatoms. The predicted molar refractivity (Wildman–Crippen MR) is 101 cm³/mol. The number of fused-ring (bicyclic) bond motifs is 1. The molecule has 1 saturated heterocycles. The standard InChI is InChI=1S/C20H24ClN3O3/c21-15-10-8-14(9-11-15)20-22-18(27-23-20)6-3-7-19(25)24-12-13-26-17-5-2-1-4-16(17)24/h8-11,16-17H,1-7,12-13H2/t16-,17+/m0/s1. The van der Waals surface area contributed by atoms with Crippen molar-refractivity contribution in [2.24, 2.45) is 0 Å². The Morgan fingerprint density at radius 3 is 2.89 bits per heavy atom. The van der Waals surface area contributed by atoms with Gasteiger partial charge in [-0.05, 0) is 43.5 Å². The van der Waals surface area contributed by atoms with Gasteiger partial charge in [0.1, 0.15) is 0 Å². The summed E-state index contributed by atoms with van der Waals surface area (Å²) >= 11 is 5.90. The van der Waals surface area contributed by atoms with Crippen molar-refractivity contribution in [3.63, 3.8) is 0 Å². The molecule has 0 spiro atoms. The zero-order valence-corrected chi connectivity index (χ0v) is 16.0. The summed E-state index contributed by atoms with van der Waals surface area (Å²) in [4.78, 5) is 19.2. The van der Waals surface area contributed by atoms with Crippen molar-refractivity contribution in [2.45, 2.75) is 57.1 Å². The Morgan fingerprint density at radius 2 is 2.04 bits per heavy atom. The Morgan fingerprint density at radius 1 is 1.22 bits per heavy atom. The van der Waals surface area contributed by atoms with Gasteiger partial charge in [-0.1, -0.05) is 29.6 Å². The molecule has 1 aliphatic carbocycles. The van der Waals surface area contributed by atoms with Gasteiger partial charge in [0.05, 0.1) is 18.8 Å². The predicted octanol–water partition coefficient (Wildman–Crippen LogP) is 3.88. The quantitative estimate of drug-likeness (QED) is 0.776. The van der Waals surface area contributed by atoms with Crippen LogP contribution in [0.1, 0.15) is 44.4 Å². The maximum absolute atomic E-state index is 12.7. The van der Waals surface area contributed by atoms with Gasteiger partial charge in [0.2, 0.25) is 17.6 Å². The summed E-state index contributed by atoms with van der Waals surface area (Å²) < 4.78 is 11.2. The monoisotopic (exact) mass is 389 g/mol. The molecule has 27 heavy (non-hydrogen) atoms. The van der Waals surface area contributed by atoms with Crippen LogP contribution in [0.2, 0.25) is 5.02 Å². The fourth-order valence-corrected chi connectivity index (χ4v) is 4.14. The molecule has 2 aliphatic rings. The highest BCUT2D eigenvalue weighted by Crippen LogP contribution is 2.29. The molecular weight excluding hydrogens is 366 g/mol. The molecule has 6 nitrogen and oxygen atoms in total. The van der Waals surface area contributed by atoms with Crippen molar-refractivity contribution in [1.82, 2.24) is 15.0 Å². The topological polar surface area (TPSA) is 68.5 Å². The van der Waals surface area contributed by atoms with Gasteiger partial charge in [0, 0.05) is 30.0 Å². The third-order valence-corrected chi connectivity index (χ3v) is 5.66. The molecule has 0 bridgehead atoms. The lowest BCUT2D eigenvalue weighted by atomic mass is 9.90. The number of nitrogens with zero attached hydrogens (tertiary/aromatic N) is 3. The highest BCUT2D eigenvalue weighted by Gasteiger charge is 2.36. The van der Waals surface area contributed by atoms with E-state index in [0.29, 0.717) is 49.2 Å². The number of halogens is 1. The van der Waals surface area contributed by atoms with Crippen molar-refractivity contribution in [1.29, 1.82) is 0 Å². The number of aromatic nitrogens is 2. The number of hydrogen-bond acceptors (Lipinski definition) is 5. The van der Waals surface area contributed by atoms with Crippen LogP contribution in [0.3, 0.4) is 0 Å². The molecule has 1 saturated carbocycles. The van der Waals surface area contributed by atoms with Gasteiger partial charge in [-0.15, -0.1) is 0 Å². The molecule has 0 radical (unpaired) electrons. The van der Waals surface area contributed by atoms with Crippen molar-refractivity contribution < 1.29 is 14.1 Å². The minimum absolute atomic E-state index is 0.215. The lowest BCUT2D eigenvalue weighted by Gasteiger charge is -2.43. The molecule has 4 rings (SSSR count). The number of hydrogen-bond donors (Lipinski definition) is 0. The molecule has 1 aromatic heterocycles. The Bertz CT molecular complexity index is 775. The average molecular weight is 390 g/mol. The van der Waals surface area contributed by atoms with E-state index < -0.39 is 0 Å². The van der Waals surface area contributed by atoms with Gasteiger partial charge in [0.15, 0.2) is 0 Å². The zero-order chi connectivity index (χ0) is 18.6. The largest absolute Gasteiger partial charge is 0.374 e. The first-order valence-electron chi connectivity index (χ1n) is 9.70. The minimum Gasteiger partial charge on any atom is -0.374 e. The lowest BCUT2D eigenvalue weighted by molar-refractivity contribution is -0.149. The van der Waals surface area contributed by atoms with Gasteiger partial charge in [-0.2, -0.15) is 4.98 Å². The second-order valence-corrected chi connectivity index (χ2v) is 7.66. The van der Waals surface area contributed by atoms with Crippen LogP contribution in [0.25, 0.3) is 11.4 Å². The number of carbonyl (C=O) groups is 1. The summed E-state index contributed by atoms with van der Waals surface area (Å²) in [5, 5.41) is 4.69. The third kappa shape index (κ3) is 4.33. The first-order chi connectivity index (χ1) is 13.2. The van der Waals surface area contributed by atoms with Crippen LogP contribution in [-0.2, 0) is 16.0 Å². The summed E-state index contributed by atoms with van der Waals surface area (Å²) in [7, 11) is 0. The van der Waals surface area contributed by atoms with Gasteiger partial charge < -0.3 is 14.2 Å². The molecular formula is C20H24ClN3O3. The summed E-state index contributed by atoms with van der Waals surface area (Å²) in [6.07, 6.45) is 6.56. The van der Waals surface area contributed by atoms with Crippen molar-refractivity contribution in [2.75, 3.05) is 13.2 Å². The van der Waals surface area contributed by atoms with Gasteiger partial charge in [-0.25, -0.2) is 0 Å². The van der Waals surface area contributed by atoms with Crippen molar-refractivity contribution >= 4 is 17.5 Å². The second kappa shape index (κ2) is 8.40. The molecule has 1 aromatic carbocycles. The van der Waals surface area contributed by atoms with Crippen LogP contribution in [0.4, 0.5) is 0 Å². The van der Waals surface area contributed by atoms with Crippen molar-refractivity contribution in [3.8, 4) is 11.4 Å². The van der Waals surface area contributed by atoms with Crippen molar-refractivity contribution in [3.05, 3.63) is 35.2 Å². The van der Waals surface area contributed by atoms with E-state index in [9.17, 15) is 4.79 Å². The molecule has 1 aliphatic heterocycles. The number of benzene rings is 1. The van der Waals surface area contributed by atoms with Crippen LogP contribution < -0.4 is 0 Å². The lowest BCUT2D eigenvalue weighted by Crippen LogP contribution is -2.54. The molecule has 2 atom stereocenters. The van der Waals surface area contributed by atoms with E-state index in [1.54, 1.807) is 12.1 Å². The van der Waals surface area contributed by atoms with E-state index in [1.165, 1.54) is 12.8 Å². The fourth-order valence-electron chi connectivity index (χ4n) is 4.01. The number of aryl methyl sites for hydroxylation is 1. The van der Waals surface area contributed by atoms with Crippen LogP contribution in [0.5, 0.6) is 0 Å². The Hall–Kier alpha value is -1.92. The fraction of sp³-hybridized carbons (Fsp3) is 0.550. The molecule has 0 unspecified atom stereocenters. The van der Waals surface area contributed by atoms with E-state index >= 15 is 0 Å². The van der Waals surface area contributed by atoms with Crippen LogP contribution in [-0.4, -0.2) is 46.2 Å². The average Bonchev–Trinajstić information content (AvgIpc) is 3.17. The van der Waals surface area contributed by atoms with E-state index in [4.69, 9.17) is 20.9 Å². The number of amides is 1. The van der Waals surface area contributed by atoms with Crippen LogP contribution in [0.15, 0.2) is 28.8 Å². The number of rotatable bonds is 5. The Kier molecular flexibility index (Phi) is 5.74. The summed E-state index contributed by atoms with van der Waals surface area (Å²) in [6, 6.07) is 7.58. The van der Waals surface area contributed by atoms with Gasteiger partial charge >= 0.3 is 0 Å². The number of ether oxygens (including phenoxy) is 1. The van der Waals surface area contributed by atoms with E-state index in [0.717, 1.165) is 18.4 Å². The summed E-state index contributed by atoms with van der Waals surface area (Å²) in [5.41, 5.74) is 0.863. The Balaban J connectivity index is 1.29. The molecule has 2 aromatic rings. The normalized spacial score (nSPS) is 22.5. The van der Waals surface area contributed by atoms with E-state index in [1.807, 2.05) is 17.0 Å². The first-order valence-corrected chi connectivity index (χ1v) is 10.1. The molecule has 0 N–H and O–H groups in total. The molecule has 2 heterocycles. The van der Waals surface area contributed by atoms with Gasteiger partial charge in [0.25, 0.3) is 0 Å². The van der Waals surface area contributed by atoms with Gasteiger partial charge in [-0.3, -0.25) is 4.79 Å². The first kappa shape index (κ1) is 18.4.